The van der Waals surface area contributed by atoms with Crippen LogP contribution in [0.25, 0.3) is 0 Å². The minimum absolute atomic E-state index is 0.0422. The number of nitrogens with one attached hydrogen (secondary N) is 1. The van der Waals surface area contributed by atoms with Crippen LogP contribution in [0.5, 0.6) is 11.5 Å². The van der Waals surface area contributed by atoms with Gasteiger partial charge >= 0.3 is 5.97 Å². The molecular weight excluding hydrogens is 298 g/mol. The van der Waals surface area contributed by atoms with Gasteiger partial charge in [-0.1, -0.05) is 19.8 Å². The summed E-state index contributed by atoms with van der Waals surface area (Å²) in [6, 6.07) is 3.02. The fraction of sp³-hybridized carbons (Fsp3) is 0.462. The van der Waals surface area contributed by atoms with Gasteiger partial charge in [-0.2, -0.15) is 4.72 Å². The number of fused-ring (bicyclic) bond motifs is 1. The molecule has 0 saturated heterocycles. The van der Waals surface area contributed by atoms with Crippen LogP contribution in [0.3, 0.4) is 0 Å². The number of carboxylic acid groups (broad SMARTS) is 1. The Morgan fingerprint density at radius 1 is 1.38 bits per heavy atom. The van der Waals surface area contributed by atoms with Crippen LogP contribution in [0.2, 0.25) is 0 Å². The van der Waals surface area contributed by atoms with Crippen LogP contribution in [0.1, 0.15) is 26.2 Å². The molecule has 1 aliphatic heterocycles. The minimum atomic E-state index is -3.92. The lowest BCUT2D eigenvalue weighted by atomic mass is 10.1. The molecule has 1 atom stereocenters. The van der Waals surface area contributed by atoms with E-state index >= 15 is 0 Å². The molecule has 8 heteroatoms. The lowest BCUT2D eigenvalue weighted by molar-refractivity contribution is -0.139. The molecule has 7 nitrogen and oxygen atoms in total. The first-order valence-electron chi connectivity index (χ1n) is 6.59. The van der Waals surface area contributed by atoms with Gasteiger partial charge in [0.1, 0.15) is 6.04 Å². The average molecular weight is 315 g/mol. The SMILES string of the molecule is CCCCC(NS(=O)(=O)c1ccc2c(c1)OCO2)C(=O)O. The molecule has 116 valence electrons. The topological polar surface area (TPSA) is 102 Å². The van der Waals surface area contributed by atoms with E-state index in [2.05, 4.69) is 4.72 Å². The van der Waals surface area contributed by atoms with Gasteiger partial charge in [0.2, 0.25) is 16.8 Å². The molecule has 1 aromatic rings. The van der Waals surface area contributed by atoms with E-state index in [1.54, 1.807) is 0 Å². The highest BCUT2D eigenvalue weighted by Gasteiger charge is 2.26. The highest BCUT2D eigenvalue weighted by molar-refractivity contribution is 7.89. The van der Waals surface area contributed by atoms with Gasteiger partial charge in [-0.3, -0.25) is 4.79 Å². The number of hydrogen-bond acceptors (Lipinski definition) is 5. The Balaban J connectivity index is 2.18. The van der Waals surface area contributed by atoms with E-state index in [0.29, 0.717) is 17.9 Å². The Bertz CT molecular complexity index is 628. The average Bonchev–Trinajstić information content (AvgIpc) is 2.90. The second-order valence-corrected chi connectivity index (χ2v) is 6.38. The molecule has 1 heterocycles. The predicted octanol–water partition coefficient (Wildman–Crippen LogP) is 1.34. The number of benzene rings is 1. The number of ether oxygens (including phenoxy) is 2. The number of rotatable bonds is 7. The van der Waals surface area contributed by atoms with Crippen LogP contribution in [0, 0.1) is 0 Å². The van der Waals surface area contributed by atoms with Gasteiger partial charge in [-0.15, -0.1) is 0 Å². The second-order valence-electron chi connectivity index (χ2n) is 4.67. The molecule has 0 bridgehead atoms. The smallest absolute Gasteiger partial charge is 0.321 e. The molecule has 2 rings (SSSR count). The third-order valence-corrected chi connectivity index (χ3v) is 4.57. The Morgan fingerprint density at radius 3 is 2.76 bits per heavy atom. The van der Waals surface area contributed by atoms with Crippen molar-refractivity contribution in [2.24, 2.45) is 0 Å². The van der Waals surface area contributed by atoms with Crippen LogP contribution >= 0.6 is 0 Å². The maximum Gasteiger partial charge on any atom is 0.321 e. The molecule has 0 amide bonds. The Kier molecular flexibility index (Phi) is 4.69. The van der Waals surface area contributed by atoms with Gasteiger partial charge < -0.3 is 14.6 Å². The third kappa shape index (κ3) is 3.64. The van der Waals surface area contributed by atoms with Crippen molar-refractivity contribution in [3.8, 4) is 11.5 Å². The molecule has 0 fully saturated rings. The summed E-state index contributed by atoms with van der Waals surface area (Å²) in [4.78, 5) is 11.1. The first kappa shape index (κ1) is 15.6. The quantitative estimate of drug-likeness (QED) is 0.787. The van der Waals surface area contributed by atoms with Crippen LogP contribution in [-0.4, -0.2) is 32.3 Å². The van der Waals surface area contributed by atoms with E-state index in [1.165, 1.54) is 18.2 Å². The second kappa shape index (κ2) is 6.31. The van der Waals surface area contributed by atoms with E-state index in [1.807, 2.05) is 6.92 Å². The number of carbonyl (C=O) groups is 1. The van der Waals surface area contributed by atoms with E-state index in [4.69, 9.17) is 14.6 Å². The summed E-state index contributed by atoms with van der Waals surface area (Å²) in [6.07, 6.45) is 1.66. The maximum absolute atomic E-state index is 12.2. The molecule has 1 aliphatic rings. The van der Waals surface area contributed by atoms with Crippen molar-refractivity contribution in [3.05, 3.63) is 18.2 Å². The van der Waals surface area contributed by atoms with Crippen LogP contribution in [-0.2, 0) is 14.8 Å². The number of unbranched alkanes of at least 4 members (excludes halogenated alkanes) is 1. The monoisotopic (exact) mass is 315 g/mol. The van der Waals surface area contributed by atoms with Gasteiger partial charge in [0.15, 0.2) is 11.5 Å². The molecule has 0 saturated carbocycles. The molecule has 0 radical (unpaired) electrons. The van der Waals surface area contributed by atoms with Crippen molar-refractivity contribution < 1.29 is 27.8 Å². The van der Waals surface area contributed by atoms with Crippen LogP contribution in [0.4, 0.5) is 0 Å². The van der Waals surface area contributed by atoms with Crippen molar-refractivity contribution in [2.45, 2.75) is 37.1 Å². The van der Waals surface area contributed by atoms with Gasteiger partial charge in [-0.05, 0) is 18.6 Å². The minimum Gasteiger partial charge on any atom is -0.480 e. The zero-order chi connectivity index (χ0) is 15.5. The zero-order valence-electron chi connectivity index (χ0n) is 11.5. The number of aliphatic carboxylic acids is 1. The lowest BCUT2D eigenvalue weighted by Crippen LogP contribution is -2.40. The highest BCUT2D eigenvalue weighted by atomic mass is 32.2. The molecule has 0 spiro atoms. The van der Waals surface area contributed by atoms with Crippen molar-refractivity contribution in [2.75, 3.05) is 6.79 Å². The van der Waals surface area contributed by atoms with Gasteiger partial charge in [-0.25, -0.2) is 8.42 Å². The van der Waals surface area contributed by atoms with Crippen molar-refractivity contribution in [1.29, 1.82) is 0 Å². The molecule has 21 heavy (non-hydrogen) atoms. The summed E-state index contributed by atoms with van der Waals surface area (Å²) in [5, 5.41) is 9.09. The molecule has 1 unspecified atom stereocenters. The van der Waals surface area contributed by atoms with Crippen molar-refractivity contribution >= 4 is 16.0 Å². The highest BCUT2D eigenvalue weighted by Crippen LogP contribution is 2.33. The molecular formula is C13H17NO6S. The third-order valence-electron chi connectivity index (χ3n) is 3.10. The largest absolute Gasteiger partial charge is 0.480 e. The van der Waals surface area contributed by atoms with E-state index in [-0.39, 0.29) is 18.1 Å². The van der Waals surface area contributed by atoms with Crippen molar-refractivity contribution in [3.63, 3.8) is 0 Å². The predicted molar refractivity (Wildman–Crippen MR) is 73.8 cm³/mol. The molecule has 2 N–H and O–H groups in total. The van der Waals surface area contributed by atoms with Crippen LogP contribution < -0.4 is 14.2 Å². The summed E-state index contributed by atoms with van der Waals surface area (Å²) in [6.45, 7) is 1.95. The van der Waals surface area contributed by atoms with Gasteiger partial charge in [0.25, 0.3) is 0 Å². The molecule has 1 aromatic carbocycles. The number of hydrogen-bond donors (Lipinski definition) is 2. The summed E-state index contributed by atoms with van der Waals surface area (Å²) in [5.74, 6) is -0.388. The summed E-state index contributed by atoms with van der Waals surface area (Å²) in [7, 11) is -3.92. The normalized spacial score (nSPS) is 14.9. The fourth-order valence-electron chi connectivity index (χ4n) is 1.94. The summed E-state index contributed by atoms with van der Waals surface area (Å²) in [5.41, 5.74) is 0. The number of carboxylic acids is 1. The van der Waals surface area contributed by atoms with Crippen LogP contribution in [0.15, 0.2) is 23.1 Å². The first-order valence-corrected chi connectivity index (χ1v) is 8.07. The standard InChI is InChI=1S/C13H17NO6S/c1-2-3-4-10(13(15)16)14-21(17,18)9-5-6-11-12(7-9)20-8-19-11/h5-7,10,14H,2-4,8H2,1H3,(H,15,16). The molecule has 0 aliphatic carbocycles. The Hall–Kier alpha value is -1.80. The Morgan fingerprint density at radius 2 is 2.10 bits per heavy atom. The van der Waals surface area contributed by atoms with E-state index < -0.39 is 22.0 Å². The molecule has 0 aromatic heterocycles. The Labute approximate surface area is 122 Å². The summed E-state index contributed by atoms with van der Waals surface area (Å²) < 4.78 is 36.9. The van der Waals surface area contributed by atoms with Gasteiger partial charge in [0.05, 0.1) is 4.90 Å². The van der Waals surface area contributed by atoms with Gasteiger partial charge in [0, 0.05) is 6.07 Å². The first-order chi connectivity index (χ1) is 9.94. The van der Waals surface area contributed by atoms with E-state index in [9.17, 15) is 13.2 Å². The number of sulfonamides is 1. The summed E-state index contributed by atoms with van der Waals surface area (Å²) >= 11 is 0. The van der Waals surface area contributed by atoms with Crippen molar-refractivity contribution in [1.82, 2.24) is 4.72 Å². The maximum atomic E-state index is 12.2. The zero-order valence-corrected chi connectivity index (χ0v) is 12.4. The van der Waals surface area contributed by atoms with E-state index in [0.717, 1.165) is 6.42 Å². The lowest BCUT2D eigenvalue weighted by Gasteiger charge is -2.14. The fourth-order valence-corrected chi connectivity index (χ4v) is 3.18.